The maximum absolute atomic E-state index is 12.7. The van der Waals surface area contributed by atoms with Gasteiger partial charge in [-0.25, -0.2) is 8.42 Å². The first-order valence-electron chi connectivity index (χ1n) is 10.0. The predicted molar refractivity (Wildman–Crippen MR) is 121 cm³/mol. The molecule has 0 bridgehead atoms. The summed E-state index contributed by atoms with van der Waals surface area (Å²) < 4.78 is 27.4. The molecule has 0 unspecified atom stereocenters. The molecule has 32 heavy (non-hydrogen) atoms. The van der Waals surface area contributed by atoms with E-state index in [0.717, 1.165) is 28.4 Å². The number of sulfonamides is 1. The van der Waals surface area contributed by atoms with Gasteiger partial charge in [0.1, 0.15) is 0 Å². The first kappa shape index (κ1) is 20.1. The number of amides is 1. The topological polar surface area (TPSA) is 114 Å². The fourth-order valence-corrected chi connectivity index (χ4v) is 4.69. The monoisotopic (exact) mass is 445 g/mol. The summed E-state index contributed by atoms with van der Waals surface area (Å²) in [6.07, 6.45) is 5.70. The number of hydrogen-bond acceptors (Lipinski definition) is 6. The van der Waals surface area contributed by atoms with Gasteiger partial charge in [-0.15, -0.1) is 5.10 Å². The molecule has 1 aliphatic rings. The van der Waals surface area contributed by atoms with Gasteiger partial charge in [0.05, 0.1) is 4.90 Å². The van der Waals surface area contributed by atoms with E-state index in [1.54, 1.807) is 42.7 Å². The molecule has 1 fully saturated rings. The van der Waals surface area contributed by atoms with Crippen LogP contribution in [0, 0.1) is 5.92 Å². The molecule has 2 aromatic heterocycles. The first-order chi connectivity index (χ1) is 15.5. The van der Waals surface area contributed by atoms with Crippen LogP contribution in [0.25, 0.3) is 10.8 Å². The summed E-state index contributed by atoms with van der Waals surface area (Å²) in [6, 6.07) is 17.3. The van der Waals surface area contributed by atoms with E-state index in [2.05, 4.69) is 25.2 Å². The minimum Gasteiger partial charge on any atom is -0.326 e. The predicted octanol–water partition coefficient (Wildman–Crippen LogP) is 3.57. The molecule has 8 nitrogen and oxygen atoms in total. The Hall–Kier alpha value is -3.85. The normalized spacial score (nSPS) is 17.6. The van der Waals surface area contributed by atoms with Crippen molar-refractivity contribution in [2.75, 3.05) is 10.0 Å². The summed E-state index contributed by atoms with van der Waals surface area (Å²) in [5, 5.41) is 12.4. The number of anilines is 2. The van der Waals surface area contributed by atoms with Crippen LogP contribution >= 0.6 is 0 Å². The van der Waals surface area contributed by atoms with Gasteiger partial charge in [-0.05, 0) is 65.8 Å². The van der Waals surface area contributed by atoms with Crippen molar-refractivity contribution in [2.24, 2.45) is 5.92 Å². The van der Waals surface area contributed by atoms with Gasteiger partial charge in [-0.1, -0.05) is 18.2 Å². The van der Waals surface area contributed by atoms with E-state index in [1.807, 2.05) is 24.3 Å². The molecule has 1 saturated carbocycles. The summed E-state index contributed by atoms with van der Waals surface area (Å²) in [7, 11) is -3.76. The number of nitrogens with one attached hydrogen (secondary N) is 2. The van der Waals surface area contributed by atoms with Crippen molar-refractivity contribution in [3.63, 3.8) is 0 Å². The number of carbonyl (C=O) groups is 1. The van der Waals surface area contributed by atoms with Crippen molar-refractivity contribution in [3.8, 4) is 0 Å². The smallest absolute Gasteiger partial charge is 0.263 e. The van der Waals surface area contributed by atoms with Crippen molar-refractivity contribution < 1.29 is 13.2 Å². The van der Waals surface area contributed by atoms with Crippen LogP contribution in [-0.4, -0.2) is 29.5 Å². The third-order valence-electron chi connectivity index (χ3n) is 5.47. The number of rotatable bonds is 6. The Labute approximate surface area is 184 Å². The molecule has 1 amide bonds. The standard InChI is InChI=1S/C23H19N5O3S/c29-23(26-18-6-3-17-14-24-11-9-16(17)12-18)21-13-20(21)15-4-7-19(8-5-15)32(30,31)28-22-2-1-10-25-27-22/h1-12,14,20-21H,13H2,(H,26,29)(H,27,28)/t20-,21+/m0/s1. The lowest BCUT2D eigenvalue weighted by molar-refractivity contribution is -0.117. The zero-order valence-corrected chi connectivity index (χ0v) is 17.7. The molecule has 9 heteroatoms. The van der Waals surface area contributed by atoms with E-state index >= 15 is 0 Å². The van der Waals surface area contributed by atoms with Gasteiger partial charge in [-0.3, -0.25) is 14.5 Å². The quantitative estimate of drug-likeness (QED) is 0.469. The minimum atomic E-state index is -3.76. The van der Waals surface area contributed by atoms with E-state index in [1.165, 1.54) is 12.3 Å². The summed E-state index contributed by atoms with van der Waals surface area (Å²) in [6.45, 7) is 0. The summed E-state index contributed by atoms with van der Waals surface area (Å²) in [5.41, 5.74) is 1.68. The van der Waals surface area contributed by atoms with Gasteiger partial charge in [0.2, 0.25) is 5.91 Å². The highest BCUT2D eigenvalue weighted by Crippen LogP contribution is 2.48. The van der Waals surface area contributed by atoms with Gasteiger partial charge in [0.15, 0.2) is 5.82 Å². The maximum Gasteiger partial charge on any atom is 0.263 e. The Morgan fingerprint density at radius 1 is 0.969 bits per heavy atom. The van der Waals surface area contributed by atoms with Crippen molar-refractivity contribution >= 4 is 38.2 Å². The molecular weight excluding hydrogens is 426 g/mol. The van der Waals surface area contributed by atoms with Gasteiger partial charge in [0.25, 0.3) is 10.0 Å². The number of nitrogens with zero attached hydrogens (tertiary/aromatic N) is 3. The Bertz CT molecular complexity index is 1390. The van der Waals surface area contributed by atoms with Crippen molar-refractivity contribution in [3.05, 3.63) is 84.8 Å². The molecule has 2 N–H and O–H groups in total. The fourth-order valence-electron chi connectivity index (χ4n) is 3.70. The molecule has 4 aromatic rings. The van der Waals surface area contributed by atoms with E-state index in [4.69, 9.17) is 0 Å². The average molecular weight is 446 g/mol. The van der Waals surface area contributed by atoms with Gasteiger partial charge < -0.3 is 5.32 Å². The van der Waals surface area contributed by atoms with Crippen LogP contribution in [0.3, 0.4) is 0 Å². The van der Waals surface area contributed by atoms with Crippen LogP contribution < -0.4 is 10.0 Å². The Morgan fingerprint density at radius 2 is 1.81 bits per heavy atom. The minimum absolute atomic E-state index is 0.0376. The highest BCUT2D eigenvalue weighted by atomic mass is 32.2. The number of aromatic nitrogens is 3. The summed E-state index contributed by atoms with van der Waals surface area (Å²) in [4.78, 5) is 16.9. The van der Waals surface area contributed by atoms with E-state index in [9.17, 15) is 13.2 Å². The lowest BCUT2D eigenvalue weighted by Gasteiger charge is -2.08. The van der Waals surface area contributed by atoms with Crippen LogP contribution in [0.15, 0.2) is 84.1 Å². The van der Waals surface area contributed by atoms with Gasteiger partial charge in [0, 0.05) is 35.6 Å². The SMILES string of the molecule is O=C(Nc1ccc2cnccc2c1)[C@@H]1C[C@H]1c1ccc(S(=O)(=O)Nc2cccnn2)cc1. The van der Waals surface area contributed by atoms with Crippen molar-refractivity contribution in [1.29, 1.82) is 0 Å². The summed E-state index contributed by atoms with van der Waals surface area (Å²) >= 11 is 0. The molecule has 2 atom stereocenters. The molecule has 2 aromatic carbocycles. The lowest BCUT2D eigenvalue weighted by Crippen LogP contribution is -2.15. The Morgan fingerprint density at radius 3 is 2.59 bits per heavy atom. The summed E-state index contributed by atoms with van der Waals surface area (Å²) in [5.74, 6) is 0.0533. The van der Waals surface area contributed by atoms with Crippen LogP contribution in [0.2, 0.25) is 0 Å². The van der Waals surface area contributed by atoms with Gasteiger partial charge in [-0.2, -0.15) is 5.10 Å². The molecule has 1 aliphatic carbocycles. The van der Waals surface area contributed by atoms with Crippen LogP contribution in [0.5, 0.6) is 0 Å². The molecule has 0 spiro atoms. The van der Waals surface area contributed by atoms with Crippen LogP contribution in [0.4, 0.5) is 11.5 Å². The molecule has 0 saturated heterocycles. The molecule has 0 radical (unpaired) electrons. The third-order valence-corrected chi connectivity index (χ3v) is 6.84. The second kappa shape index (κ2) is 8.01. The maximum atomic E-state index is 12.7. The first-order valence-corrected chi connectivity index (χ1v) is 11.5. The molecule has 160 valence electrons. The Kier molecular flexibility index (Phi) is 5.02. The number of carbonyl (C=O) groups excluding carboxylic acids is 1. The van der Waals surface area contributed by atoms with E-state index < -0.39 is 10.0 Å². The molecular formula is C23H19N5O3S. The zero-order chi connectivity index (χ0) is 22.1. The average Bonchev–Trinajstić information content (AvgIpc) is 3.61. The number of fused-ring (bicyclic) bond motifs is 1. The van der Waals surface area contributed by atoms with Crippen molar-refractivity contribution in [2.45, 2.75) is 17.2 Å². The van der Waals surface area contributed by atoms with E-state index in [-0.39, 0.29) is 28.5 Å². The van der Waals surface area contributed by atoms with Gasteiger partial charge >= 0.3 is 0 Å². The largest absolute Gasteiger partial charge is 0.326 e. The number of benzene rings is 2. The second-order valence-electron chi connectivity index (χ2n) is 7.66. The van der Waals surface area contributed by atoms with Crippen molar-refractivity contribution in [1.82, 2.24) is 15.2 Å². The Balaban J connectivity index is 1.24. The molecule has 2 heterocycles. The van der Waals surface area contributed by atoms with Crippen LogP contribution in [-0.2, 0) is 14.8 Å². The zero-order valence-electron chi connectivity index (χ0n) is 16.8. The second-order valence-corrected chi connectivity index (χ2v) is 9.34. The molecule has 5 rings (SSSR count). The molecule has 0 aliphatic heterocycles. The van der Waals surface area contributed by atoms with Crippen LogP contribution in [0.1, 0.15) is 17.9 Å². The highest BCUT2D eigenvalue weighted by molar-refractivity contribution is 7.92. The van der Waals surface area contributed by atoms with E-state index in [0.29, 0.717) is 0 Å². The lowest BCUT2D eigenvalue weighted by atomic mass is 10.1. The number of pyridine rings is 1. The third kappa shape index (κ3) is 4.15. The fraction of sp³-hybridized carbons (Fsp3) is 0.130. The number of hydrogen-bond donors (Lipinski definition) is 2. The highest BCUT2D eigenvalue weighted by Gasteiger charge is 2.44.